The number of para-hydroxylation sites is 1. The minimum absolute atomic E-state index is 0.393. The molecular weight excluding hydrogens is 348 g/mol. The van der Waals surface area contributed by atoms with Crippen LogP contribution in [0.2, 0.25) is 0 Å². The number of rotatable bonds is 4. The lowest BCUT2D eigenvalue weighted by Gasteiger charge is -2.19. The fourth-order valence-electron chi connectivity index (χ4n) is 2.88. The predicted molar refractivity (Wildman–Crippen MR) is 99.2 cm³/mol. The number of carbonyl (C=O) groups is 2. The van der Waals surface area contributed by atoms with Crippen molar-refractivity contribution in [2.24, 2.45) is 0 Å². The van der Waals surface area contributed by atoms with Gasteiger partial charge in [-0.15, -0.1) is 0 Å². The summed E-state index contributed by atoms with van der Waals surface area (Å²) in [5.41, 5.74) is 1.77. The maximum atomic E-state index is 12.4. The highest BCUT2D eigenvalue weighted by Gasteiger charge is 2.22. The summed E-state index contributed by atoms with van der Waals surface area (Å²) in [6, 6.07) is 12.5. The number of hydrogen-bond donors (Lipinski definition) is 2. The Bertz CT molecular complexity index is 1010. The molecule has 0 bridgehead atoms. The van der Waals surface area contributed by atoms with Gasteiger partial charge in [0.25, 0.3) is 5.91 Å². The average Bonchev–Trinajstić information content (AvgIpc) is 3.12. The molecule has 0 fully saturated rings. The lowest BCUT2D eigenvalue weighted by Crippen LogP contribution is -2.30. The van der Waals surface area contributed by atoms with Crippen molar-refractivity contribution in [2.45, 2.75) is 13.0 Å². The number of anilines is 1. The third-order valence-electron chi connectivity index (χ3n) is 4.27. The van der Waals surface area contributed by atoms with Gasteiger partial charge in [0.1, 0.15) is 13.2 Å². The monoisotopic (exact) mass is 366 g/mol. The Morgan fingerprint density at radius 1 is 1.11 bits per heavy atom. The molecule has 1 atom stereocenters. The number of nitrogens with one attached hydrogen (secondary N) is 2. The van der Waals surface area contributed by atoms with E-state index in [4.69, 9.17) is 14.2 Å². The van der Waals surface area contributed by atoms with Gasteiger partial charge in [0, 0.05) is 28.9 Å². The van der Waals surface area contributed by atoms with E-state index >= 15 is 0 Å². The van der Waals surface area contributed by atoms with Crippen molar-refractivity contribution in [1.82, 2.24) is 4.98 Å². The van der Waals surface area contributed by atoms with Gasteiger partial charge in [-0.1, -0.05) is 18.2 Å². The standard InChI is InChI=1S/C20H18N2O5/c1-12(27-20(24)15-11-21-16-5-3-2-4-14(15)16)19(23)22-13-6-7-17-18(10-13)26-9-8-25-17/h2-7,10-12,21H,8-9H2,1H3,(H,22,23). The second-order valence-corrected chi connectivity index (χ2v) is 6.14. The average molecular weight is 366 g/mol. The van der Waals surface area contributed by atoms with Gasteiger partial charge in [0.15, 0.2) is 17.6 Å². The molecule has 7 heteroatoms. The molecule has 1 aromatic heterocycles. The SMILES string of the molecule is CC(OC(=O)c1c[nH]c2ccccc12)C(=O)Nc1ccc2c(c1)OCCO2. The van der Waals surface area contributed by atoms with Gasteiger partial charge in [0.2, 0.25) is 0 Å². The number of H-pyrrole nitrogens is 1. The minimum Gasteiger partial charge on any atom is -0.486 e. The molecule has 4 rings (SSSR count). The number of hydrogen-bond acceptors (Lipinski definition) is 5. The van der Waals surface area contributed by atoms with Gasteiger partial charge >= 0.3 is 5.97 Å². The first-order chi connectivity index (χ1) is 13.1. The van der Waals surface area contributed by atoms with Crippen molar-refractivity contribution in [1.29, 1.82) is 0 Å². The molecule has 2 aromatic carbocycles. The Morgan fingerprint density at radius 3 is 2.74 bits per heavy atom. The van der Waals surface area contributed by atoms with Crippen LogP contribution in [-0.4, -0.2) is 36.2 Å². The van der Waals surface area contributed by atoms with Crippen LogP contribution < -0.4 is 14.8 Å². The summed E-state index contributed by atoms with van der Waals surface area (Å²) in [7, 11) is 0. The summed E-state index contributed by atoms with van der Waals surface area (Å²) in [5.74, 6) is 0.220. The quantitative estimate of drug-likeness (QED) is 0.693. The highest BCUT2D eigenvalue weighted by atomic mass is 16.6. The maximum absolute atomic E-state index is 12.4. The number of carbonyl (C=O) groups excluding carboxylic acids is 2. The zero-order valence-electron chi connectivity index (χ0n) is 14.7. The number of aromatic nitrogens is 1. The van der Waals surface area contributed by atoms with Crippen molar-refractivity contribution in [3.8, 4) is 11.5 Å². The molecule has 0 radical (unpaired) electrons. The van der Waals surface area contributed by atoms with Crippen LogP contribution in [0, 0.1) is 0 Å². The van der Waals surface area contributed by atoms with Gasteiger partial charge in [-0.25, -0.2) is 4.79 Å². The normalized spacial score (nSPS) is 13.8. The number of fused-ring (bicyclic) bond motifs is 2. The van der Waals surface area contributed by atoms with Crippen LogP contribution in [0.4, 0.5) is 5.69 Å². The summed E-state index contributed by atoms with van der Waals surface area (Å²) in [6.07, 6.45) is 0.623. The lowest BCUT2D eigenvalue weighted by atomic mass is 10.2. The van der Waals surface area contributed by atoms with E-state index in [0.29, 0.717) is 36.0 Å². The first kappa shape index (κ1) is 17.0. The molecule has 1 aliphatic rings. The Hall–Kier alpha value is -3.48. The van der Waals surface area contributed by atoms with Crippen molar-refractivity contribution >= 4 is 28.5 Å². The molecule has 3 aromatic rings. The number of amides is 1. The highest BCUT2D eigenvalue weighted by molar-refractivity contribution is 6.05. The molecule has 7 nitrogen and oxygen atoms in total. The molecule has 2 heterocycles. The van der Waals surface area contributed by atoms with E-state index in [1.165, 1.54) is 6.92 Å². The van der Waals surface area contributed by atoms with Crippen LogP contribution in [-0.2, 0) is 9.53 Å². The Morgan fingerprint density at radius 2 is 1.89 bits per heavy atom. The van der Waals surface area contributed by atoms with Crippen LogP contribution in [0.15, 0.2) is 48.7 Å². The van der Waals surface area contributed by atoms with Gasteiger partial charge in [-0.3, -0.25) is 4.79 Å². The topological polar surface area (TPSA) is 89.7 Å². The fourth-order valence-corrected chi connectivity index (χ4v) is 2.88. The zero-order chi connectivity index (χ0) is 18.8. The third kappa shape index (κ3) is 3.44. The molecule has 1 aliphatic heterocycles. The van der Waals surface area contributed by atoms with Crippen LogP contribution in [0.5, 0.6) is 11.5 Å². The number of benzene rings is 2. The minimum atomic E-state index is -0.959. The molecule has 1 unspecified atom stereocenters. The van der Waals surface area contributed by atoms with Crippen molar-refractivity contribution in [2.75, 3.05) is 18.5 Å². The van der Waals surface area contributed by atoms with Crippen LogP contribution >= 0.6 is 0 Å². The summed E-state index contributed by atoms with van der Waals surface area (Å²) >= 11 is 0. The van der Waals surface area contributed by atoms with E-state index in [1.807, 2.05) is 24.3 Å². The summed E-state index contributed by atoms with van der Waals surface area (Å²) < 4.78 is 16.3. The van der Waals surface area contributed by atoms with Crippen molar-refractivity contribution in [3.05, 3.63) is 54.2 Å². The molecule has 2 N–H and O–H groups in total. The number of ether oxygens (including phenoxy) is 3. The van der Waals surface area contributed by atoms with Gasteiger partial charge in [-0.05, 0) is 25.1 Å². The van der Waals surface area contributed by atoms with Crippen LogP contribution in [0.1, 0.15) is 17.3 Å². The number of esters is 1. The van der Waals surface area contributed by atoms with Gasteiger partial charge < -0.3 is 24.5 Å². The Labute approximate surface area is 155 Å². The molecule has 0 spiro atoms. The lowest BCUT2D eigenvalue weighted by molar-refractivity contribution is -0.123. The summed E-state index contributed by atoms with van der Waals surface area (Å²) in [5, 5.41) is 3.47. The molecule has 138 valence electrons. The van der Waals surface area contributed by atoms with E-state index < -0.39 is 18.0 Å². The van der Waals surface area contributed by atoms with E-state index in [0.717, 1.165) is 10.9 Å². The van der Waals surface area contributed by atoms with Gasteiger partial charge in [0.05, 0.1) is 5.56 Å². The van der Waals surface area contributed by atoms with Crippen LogP contribution in [0.25, 0.3) is 10.9 Å². The molecular formula is C20H18N2O5. The van der Waals surface area contributed by atoms with E-state index in [9.17, 15) is 9.59 Å². The largest absolute Gasteiger partial charge is 0.486 e. The molecule has 27 heavy (non-hydrogen) atoms. The second kappa shape index (κ2) is 7.03. The molecule has 0 saturated heterocycles. The van der Waals surface area contributed by atoms with E-state index in [-0.39, 0.29) is 0 Å². The molecule has 0 saturated carbocycles. The summed E-state index contributed by atoms with van der Waals surface area (Å²) in [4.78, 5) is 27.8. The van der Waals surface area contributed by atoms with E-state index in [2.05, 4.69) is 10.3 Å². The van der Waals surface area contributed by atoms with Crippen LogP contribution in [0.3, 0.4) is 0 Å². The molecule has 1 amide bonds. The fraction of sp³-hybridized carbons (Fsp3) is 0.200. The number of aromatic amines is 1. The highest BCUT2D eigenvalue weighted by Crippen LogP contribution is 2.32. The van der Waals surface area contributed by atoms with E-state index in [1.54, 1.807) is 24.4 Å². The first-order valence-corrected chi connectivity index (χ1v) is 8.59. The van der Waals surface area contributed by atoms with Gasteiger partial charge in [-0.2, -0.15) is 0 Å². The molecule has 0 aliphatic carbocycles. The Balaban J connectivity index is 1.42. The van der Waals surface area contributed by atoms with Crippen molar-refractivity contribution < 1.29 is 23.8 Å². The van der Waals surface area contributed by atoms with Crippen molar-refractivity contribution in [3.63, 3.8) is 0 Å². The maximum Gasteiger partial charge on any atom is 0.341 e. The first-order valence-electron chi connectivity index (χ1n) is 8.59. The third-order valence-corrected chi connectivity index (χ3v) is 4.27. The zero-order valence-corrected chi connectivity index (χ0v) is 14.7. The second-order valence-electron chi connectivity index (χ2n) is 6.14. The Kier molecular flexibility index (Phi) is 4.42. The smallest absolute Gasteiger partial charge is 0.341 e. The summed E-state index contributed by atoms with van der Waals surface area (Å²) in [6.45, 7) is 2.49. The predicted octanol–water partition coefficient (Wildman–Crippen LogP) is 3.12.